The molecule has 0 amide bonds. The molecule has 6 heteroatoms. The average Bonchev–Trinajstić information content (AvgIpc) is 3.38. The van der Waals surface area contributed by atoms with Gasteiger partial charge >= 0.3 is 5.97 Å². The number of thiazole rings is 1. The molecule has 33 heavy (non-hydrogen) atoms. The predicted octanol–water partition coefficient (Wildman–Crippen LogP) is 7.08. The number of aromatic nitrogens is 2. The highest BCUT2D eigenvalue weighted by Gasteiger charge is 2.23. The monoisotopic (exact) mass is 466 g/mol. The van der Waals surface area contributed by atoms with Crippen LogP contribution in [0.5, 0.6) is 5.75 Å². The largest absolute Gasteiger partial charge is 0.486 e. The van der Waals surface area contributed by atoms with Gasteiger partial charge in [0.2, 0.25) is 0 Å². The lowest BCUT2D eigenvalue weighted by atomic mass is 9.87. The molecule has 5 nitrogen and oxygen atoms in total. The molecule has 1 aromatic carbocycles. The molecular weight excluding hydrogens is 432 g/mol. The topological polar surface area (TPSA) is 64.3 Å². The fourth-order valence-electron chi connectivity index (χ4n) is 4.63. The van der Waals surface area contributed by atoms with E-state index in [2.05, 4.69) is 37.5 Å². The first-order chi connectivity index (χ1) is 15.7. The Hall–Kier alpha value is -2.60. The van der Waals surface area contributed by atoms with Crippen LogP contribution in [0.15, 0.2) is 35.7 Å². The Kier molecular flexibility index (Phi) is 6.94. The Morgan fingerprint density at radius 2 is 1.88 bits per heavy atom. The minimum absolute atomic E-state index is 0.113. The van der Waals surface area contributed by atoms with Crippen molar-refractivity contribution in [1.29, 1.82) is 0 Å². The number of hydrogen-bond donors (Lipinski definition) is 1. The molecule has 1 fully saturated rings. The summed E-state index contributed by atoms with van der Waals surface area (Å²) in [4.78, 5) is 16.6. The van der Waals surface area contributed by atoms with Gasteiger partial charge in [-0.2, -0.15) is 0 Å². The van der Waals surface area contributed by atoms with Gasteiger partial charge in [0, 0.05) is 17.6 Å². The zero-order valence-electron chi connectivity index (χ0n) is 20.1. The van der Waals surface area contributed by atoms with E-state index >= 15 is 0 Å². The van der Waals surface area contributed by atoms with Gasteiger partial charge in [-0.05, 0) is 54.9 Å². The van der Waals surface area contributed by atoms with Gasteiger partial charge in [-0.25, -0.2) is 9.78 Å². The number of ether oxygens (including phenoxy) is 1. The quantitative estimate of drug-likeness (QED) is 0.404. The highest BCUT2D eigenvalue weighted by Crippen LogP contribution is 2.32. The van der Waals surface area contributed by atoms with Crippen molar-refractivity contribution in [2.75, 3.05) is 0 Å². The lowest BCUT2D eigenvalue weighted by Gasteiger charge is -2.24. The van der Waals surface area contributed by atoms with Gasteiger partial charge in [0.1, 0.15) is 17.4 Å². The van der Waals surface area contributed by atoms with Gasteiger partial charge in [0.15, 0.2) is 0 Å². The van der Waals surface area contributed by atoms with Gasteiger partial charge in [0.25, 0.3) is 0 Å². The third-order valence-electron chi connectivity index (χ3n) is 6.66. The fourth-order valence-corrected chi connectivity index (χ4v) is 5.33. The van der Waals surface area contributed by atoms with E-state index in [0.717, 1.165) is 34.4 Å². The van der Waals surface area contributed by atoms with Gasteiger partial charge in [-0.3, -0.25) is 0 Å². The van der Waals surface area contributed by atoms with Crippen molar-refractivity contribution in [2.45, 2.75) is 78.4 Å². The summed E-state index contributed by atoms with van der Waals surface area (Å²) in [6.07, 6.45) is 6.26. The van der Waals surface area contributed by atoms with E-state index in [1.165, 1.54) is 37.7 Å². The van der Waals surface area contributed by atoms with Crippen molar-refractivity contribution >= 4 is 17.3 Å². The highest BCUT2D eigenvalue weighted by molar-refractivity contribution is 7.09. The summed E-state index contributed by atoms with van der Waals surface area (Å²) in [6.45, 7) is 9.75. The Morgan fingerprint density at radius 1 is 1.18 bits per heavy atom. The lowest BCUT2D eigenvalue weighted by molar-refractivity contribution is 0.0696. The van der Waals surface area contributed by atoms with Crippen molar-refractivity contribution in [1.82, 2.24) is 9.55 Å². The molecule has 4 rings (SSSR count). The molecule has 2 heterocycles. The molecule has 1 aliphatic rings. The van der Waals surface area contributed by atoms with Crippen LogP contribution in [0.2, 0.25) is 0 Å². The normalized spacial score (nSPS) is 15.0. The molecule has 176 valence electrons. The van der Waals surface area contributed by atoms with Crippen molar-refractivity contribution < 1.29 is 14.6 Å². The van der Waals surface area contributed by atoms with Crippen molar-refractivity contribution in [2.24, 2.45) is 5.92 Å². The Labute approximate surface area is 200 Å². The average molecular weight is 467 g/mol. The second-order valence-corrected chi connectivity index (χ2v) is 11.1. The number of benzene rings is 1. The van der Waals surface area contributed by atoms with Gasteiger partial charge in [-0.1, -0.05) is 52.2 Å². The molecule has 1 aliphatic carbocycles. The Morgan fingerprint density at radius 3 is 2.52 bits per heavy atom. The summed E-state index contributed by atoms with van der Waals surface area (Å²) < 4.78 is 8.15. The summed E-state index contributed by atoms with van der Waals surface area (Å²) in [5.41, 5.74) is 4.29. The third-order valence-corrected chi connectivity index (χ3v) is 7.48. The first-order valence-electron chi connectivity index (χ1n) is 11.8. The minimum Gasteiger partial charge on any atom is -0.486 e. The summed E-state index contributed by atoms with van der Waals surface area (Å²) in [5, 5.41) is 12.6. The van der Waals surface area contributed by atoms with Crippen LogP contribution in [0.4, 0.5) is 0 Å². The van der Waals surface area contributed by atoms with Gasteiger partial charge in [-0.15, -0.1) is 11.3 Å². The number of aromatic carboxylic acids is 1. The molecular formula is C27H34N2O3S. The van der Waals surface area contributed by atoms with E-state index in [-0.39, 0.29) is 5.41 Å². The SMILES string of the molecule is Cc1c(C(=O)O)cc(-c2csc(COc3ccc(C(C)(C)C)cc3)n2)n1CC1CCCCC1. The maximum Gasteiger partial charge on any atom is 0.337 e. The molecule has 1 saturated carbocycles. The molecule has 0 radical (unpaired) electrons. The second-order valence-electron chi connectivity index (χ2n) is 10.1. The molecule has 0 spiro atoms. The zero-order valence-corrected chi connectivity index (χ0v) is 20.9. The second kappa shape index (κ2) is 9.72. The van der Waals surface area contributed by atoms with E-state index < -0.39 is 5.97 Å². The van der Waals surface area contributed by atoms with Gasteiger partial charge < -0.3 is 14.4 Å². The molecule has 0 atom stereocenters. The van der Waals surface area contributed by atoms with Crippen LogP contribution in [0, 0.1) is 12.8 Å². The Balaban J connectivity index is 1.51. The van der Waals surface area contributed by atoms with Crippen molar-refractivity contribution in [3.63, 3.8) is 0 Å². The van der Waals surface area contributed by atoms with Gasteiger partial charge in [0.05, 0.1) is 17.0 Å². The summed E-state index contributed by atoms with van der Waals surface area (Å²) in [7, 11) is 0. The number of rotatable bonds is 7. The van der Waals surface area contributed by atoms with E-state index in [0.29, 0.717) is 18.1 Å². The number of carboxylic acid groups (broad SMARTS) is 1. The van der Waals surface area contributed by atoms with E-state index in [1.54, 1.807) is 17.4 Å². The zero-order chi connectivity index (χ0) is 23.6. The smallest absolute Gasteiger partial charge is 0.337 e. The molecule has 3 aromatic rings. The van der Waals surface area contributed by atoms with Crippen LogP contribution in [0.25, 0.3) is 11.4 Å². The van der Waals surface area contributed by atoms with Crippen LogP contribution in [0.1, 0.15) is 79.5 Å². The van der Waals surface area contributed by atoms with Crippen LogP contribution in [0.3, 0.4) is 0 Å². The standard InChI is InChI=1S/C27H34N2O3S/c1-18-22(26(30)31)14-24(29(18)15-19-8-6-5-7-9-19)23-17-33-25(28-23)16-32-21-12-10-20(11-13-21)27(2,3)4/h10-14,17,19H,5-9,15-16H2,1-4H3,(H,30,31). The maximum absolute atomic E-state index is 11.8. The number of nitrogens with zero attached hydrogens (tertiary/aromatic N) is 2. The molecule has 0 aliphatic heterocycles. The van der Waals surface area contributed by atoms with Crippen LogP contribution in [-0.4, -0.2) is 20.6 Å². The first-order valence-corrected chi connectivity index (χ1v) is 12.7. The van der Waals surface area contributed by atoms with Crippen LogP contribution in [-0.2, 0) is 18.6 Å². The van der Waals surface area contributed by atoms with Crippen LogP contribution < -0.4 is 4.74 Å². The van der Waals surface area contributed by atoms with E-state index in [9.17, 15) is 9.90 Å². The number of hydrogen-bond acceptors (Lipinski definition) is 4. The number of carboxylic acids is 1. The number of carbonyl (C=O) groups is 1. The van der Waals surface area contributed by atoms with Crippen molar-refractivity contribution in [3.8, 4) is 17.1 Å². The molecule has 0 unspecified atom stereocenters. The molecule has 0 saturated heterocycles. The van der Waals surface area contributed by atoms with Crippen molar-refractivity contribution in [3.05, 3.63) is 57.5 Å². The molecule has 0 bridgehead atoms. The minimum atomic E-state index is -0.881. The summed E-state index contributed by atoms with van der Waals surface area (Å²) in [6, 6.07) is 10.0. The van der Waals surface area contributed by atoms with E-state index in [1.807, 2.05) is 24.4 Å². The maximum atomic E-state index is 11.8. The molecule has 2 aromatic heterocycles. The molecule has 1 N–H and O–H groups in total. The predicted molar refractivity (Wildman–Crippen MR) is 133 cm³/mol. The summed E-state index contributed by atoms with van der Waals surface area (Å²) in [5.74, 6) is 0.542. The first kappa shape index (κ1) is 23.6. The lowest BCUT2D eigenvalue weighted by Crippen LogP contribution is -2.16. The third kappa shape index (κ3) is 5.49. The van der Waals surface area contributed by atoms with Crippen LogP contribution >= 0.6 is 11.3 Å². The van der Waals surface area contributed by atoms with E-state index in [4.69, 9.17) is 9.72 Å². The fraction of sp³-hybridized carbons (Fsp3) is 0.481. The Bertz CT molecular complexity index is 1100. The summed E-state index contributed by atoms with van der Waals surface area (Å²) >= 11 is 1.55. The highest BCUT2D eigenvalue weighted by atomic mass is 32.1.